The maximum Gasteiger partial charge on any atom is 0.251 e. The molecule has 20 heavy (non-hydrogen) atoms. The summed E-state index contributed by atoms with van der Waals surface area (Å²) in [4.78, 5) is 17.8. The average Bonchev–Trinajstić information content (AvgIpc) is 3.05. The Hall–Kier alpha value is -1.72. The Morgan fingerprint density at radius 3 is 2.95 bits per heavy atom. The Morgan fingerprint density at radius 1 is 1.40 bits per heavy atom. The summed E-state index contributed by atoms with van der Waals surface area (Å²) >= 11 is 1.62. The molecular weight excluding hydrogens is 270 g/mol. The molecule has 2 heterocycles. The van der Waals surface area contributed by atoms with Gasteiger partial charge in [0.1, 0.15) is 5.01 Å². The number of nitrogens with zero attached hydrogens (tertiary/aromatic N) is 1. The molecule has 0 saturated heterocycles. The van der Waals surface area contributed by atoms with Gasteiger partial charge in [0.15, 0.2) is 0 Å². The van der Waals surface area contributed by atoms with Gasteiger partial charge in [0.2, 0.25) is 0 Å². The van der Waals surface area contributed by atoms with E-state index in [4.69, 9.17) is 0 Å². The molecule has 1 unspecified atom stereocenters. The lowest BCUT2D eigenvalue weighted by molar-refractivity contribution is 0.0939. The molecule has 0 radical (unpaired) electrons. The van der Waals surface area contributed by atoms with E-state index in [1.165, 1.54) is 11.1 Å². The number of nitrogens with one attached hydrogen (secondary N) is 2. The molecular formula is C15H17N3OS. The van der Waals surface area contributed by atoms with E-state index in [-0.39, 0.29) is 11.9 Å². The summed E-state index contributed by atoms with van der Waals surface area (Å²) in [5, 5.41) is 7.23. The van der Waals surface area contributed by atoms with E-state index in [9.17, 15) is 4.79 Å². The second-order valence-electron chi connectivity index (χ2n) is 5.09. The van der Waals surface area contributed by atoms with Crippen LogP contribution < -0.4 is 10.6 Å². The highest BCUT2D eigenvalue weighted by molar-refractivity contribution is 7.11. The molecule has 3 rings (SSSR count). The van der Waals surface area contributed by atoms with Crippen LogP contribution in [0.1, 0.15) is 44.3 Å². The molecule has 0 fully saturated rings. The van der Waals surface area contributed by atoms with Crippen molar-refractivity contribution in [1.82, 2.24) is 15.6 Å². The fraction of sp³-hybridized carbons (Fsp3) is 0.333. The van der Waals surface area contributed by atoms with Crippen molar-refractivity contribution in [3.8, 4) is 0 Å². The molecule has 0 aliphatic carbocycles. The van der Waals surface area contributed by atoms with Crippen LogP contribution in [0.15, 0.2) is 24.4 Å². The number of aromatic nitrogens is 1. The first-order valence-electron chi connectivity index (χ1n) is 6.69. The molecule has 2 N–H and O–H groups in total. The van der Waals surface area contributed by atoms with E-state index in [0.29, 0.717) is 5.56 Å². The van der Waals surface area contributed by atoms with Gasteiger partial charge in [0.25, 0.3) is 5.91 Å². The predicted molar refractivity (Wildman–Crippen MR) is 79.7 cm³/mol. The van der Waals surface area contributed by atoms with E-state index in [2.05, 4.69) is 15.6 Å². The normalized spacial score (nSPS) is 14.9. The molecule has 0 spiro atoms. The fourth-order valence-electron chi connectivity index (χ4n) is 2.35. The van der Waals surface area contributed by atoms with Crippen molar-refractivity contribution >= 4 is 17.2 Å². The summed E-state index contributed by atoms with van der Waals surface area (Å²) in [5.74, 6) is -0.0416. The monoisotopic (exact) mass is 287 g/mol. The van der Waals surface area contributed by atoms with Gasteiger partial charge < -0.3 is 10.6 Å². The average molecular weight is 287 g/mol. The largest absolute Gasteiger partial charge is 0.343 e. The minimum Gasteiger partial charge on any atom is -0.343 e. The summed E-state index contributed by atoms with van der Waals surface area (Å²) in [7, 11) is 0. The van der Waals surface area contributed by atoms with E-state index in [1.54, 1.807) is 11.3 Å². The first-order valence-corrected chi connectivity index (χ1v) is 7.51. The van der Waals surface area contributed by atoms with Crippen LogP contribution in [0.2, 0.25) is 0 Å². The summed E-state index contributed by atoms with van der Waals surface area (Å²) in [6, 6.07) is 5.83. The number of thiazole rings is 1. The van der Waals surface area contributed by atoms with Crippen LogP contribution in [0.5, 0.6) is 0 Å². The summed E-state index contributed by atoms with van der Waals surface area (Å²) in [6.07, 6.45) is 1.84. The molecule has 1 atom stereocenters. The summed E-state index contributed by atoms with van der Waals surface area (Å²) in [6.45, 7) is 5.72. The van der Waals surface area contributed by atoms with Crippen LogP contribution in [0, 0.1) is 6.92 Å². The number of hydrogen-bond acceptors (Lipinski definition) is 4. The van der Waals surface area contributed by atoms with E-state index < -0.39 is 0 Å². The Morgan fingerprint density at radius 2 is 2.20 bits per heavy atom. The summed E-state index contributed by atoms with van der Waals surface area (Å²) in [5.41, 5.74) is 3.22. The maximum absolute atomic E-state index is 12.3. The zero-order valence-corrected chi connectivity index (χ0v) is 12.4. The Bertz CT molecular complexity index is 650. The third kappa shape index (κ3) is 2.59. The lowest BCUT2D eigenvalue weighted by Gasteiger charge is -2.12. The molecule has 1 amide bonds. The fourth-order valence-corrected chi connectivity index (χ4v) is 3.13. The Balaban J connectivity index is 1.73. The maximum atomic E-state index is 12.3. The molecule has 1 aliphatic rings. The van der Waals surface area contributed by atoms with Gasteiger partial charge in [-0.25, -0.2) is 4.98 Å². The third-order valence-corrected chi connectivity index (χ3v) is 4.55. The first kappa shape index (κ1) is 13.3. The van der Waals surface area contributed by atoms with Crippen molar-refractivity contribution in [2.45, 2.75) is 33.0 Å². The molecule has 0 bridgehead atoms. The van der Waals surface area contributed by atoms with Crippen molar-refractivity contribution in [2.24, 2.45) is 0 Å². The quantitative estimate of drug-likeness (QED) is 0.912. The van der Waals surface area contributed by atoms with Crippen LogP contribution in [0.3, 0.4) is 0 Å². The van der Waals surface area contributed by atoms with Gasteiger partial charge in [-0.05, 0) is 37.1 Å². The van der Waals surface area contributed by atoms with E-state index in [0.717, 1.165) is 23.0 Å². The number of benzene rings is 1. The number of carbonyl (C=O) groups is 1. The Kier molecular flexibility index (Phi) is 3.54. The summed E-state index contributed by atoms with van der Waals surface area (Å²) < 4.78 is 0. The first-order chi connectivity index (χ1) is 9.63. The second kappa shape index (κ2) is 5.34. The van der Waals surface area contributed by atoms with Gasteiger partial charge in [-0.15, -0.1) is 11.3 Å². The molecule has 1 aromatic carbocycles. The molecule has 1 aromatic heterocycles. The van der Waals surface area contributed by atoms with Gasteiger partial charge >= 0.3 is 0 Å². The Labute approximate surface area is 122 Å². The molecule has 4 nitrogen and oxygen atoms in total. The van der Waals surface area contributed by atoms with Crippen LogP contribution in [-0.2, 0) is 13.1 Å². The lowest BCUT2D eigenvalue weighted by Crippen LogP contribution is -2.26. The lowest BCUT2D eigenvalue weighted by atomic mass is 10.1. The zero-order valence-electron chi connectivity index (χ0n) is 11.6. The number of amides is 1. The standard InChI is InChI=1S/C15H17N3OS/c1-9-6-17-15(20-9)10(2)18-14(19)11-3-4-12-7-16-8-13(12)5-11/h3-6,10,16H,7-8H2,1-2H3,(H,18,19). The SMILES string of the molecule is Cc1cnc(C(C)NC(=O)c2ccc3c(c2)CNC3)s1. The van der Waals surface area contributed by atoms with Gasteiger partial charge in [-0.3, -0.25) is 4.79 Å². The van der Waals surface area contributed by atoms with Crippen LogP contribution >= 0.6 is 11.3 Å². The third-order valence-electron chi connectivity index (χ3n) is 3.46. The number of fused-ring (bicyclic) bond motifs is 1. The van der Waals surface area contributed by atoms with Crippen molar-refractivity contribution in [3.63, 3.8) is 0 Å². The van der Waals surface area contributed by atoms with Crippen LogP contribution in [0.4, 0.5) is 0 Å². The van der Waals surface area contributed by atoms with Gasteiger partial charge in [0.05, 0.1) is 6.04 Å². The van der Waals surface area contributed by atoms with Crippen LogP contribution in [0.25, 0.3) is 0 Å². The highest BCUT2D eigenvalue weighted by atomic mass is 32.1. The molecule has 2 aromatic rings. The topological polar surface area (TPSA) is 54.0 Å². The molecule has 5 heteroatoms. The van der Waals surface area contributed by atoms with Crippen LogP contribution in [-0.4, -0.2) is 10.9 Å². The molecule has 104 valence electrons. The number of carbonyl (C=O) groups excluding carboxylic acids is 1. The highest BCUT2D eigenvalue weighted by Gasteiger charge is 2.16. The zero-order chi connectivity index (χ0) is 14.1. The van der Waals surface area contributed by atoms with Crippen molar-refractivity contribution < 1.29 is 4.79 Å². The van der Waals surface area contributed by atoms with Crippen molar-refractivity contribution in [3.05, 3.63) is 51.0 Å². The minimum atomic E-state index is -0.0624. The van der Waals surface area contributed by atoms with Gasteiger partial charge in [0, 0.05) is 29.7 Å². The van der Waals surface area contributed by atoms with Gasteiger partial charge in [-0.2, -0.15) is 0 Å². The number of hydrogen-bond donors (Lipinski definition) is 2. The predicted octanol–water partition coefficient (Wildman–Crippen LogP) is 2.55. The van der Waals surface area contributed by atoms with Crippen molar-refractivity contribution in [2.75, 3.05) is 0 Å². The van der Waals surface area contributed by atoms with Crippen molar-refractivity contribution in [1.29, 1.82) is 0 Å². The van der Waals surface area contributed by atoms with E-state index >= 15 is 0 Å². The minimum absolute atomic E-state index is 0.0416. The second-order valence-corrected chi connectivity index (χ2v) is 6.36. The van der Waals surface area contributed by atoms with E-state index in [1.807, 2.05) is 38.2 Å². The number of rotatable bonds is 3. The smallest absolute Gasteiger partial charge is 0.251 e. The molecule has 1 aliphatic heterocycles. The number of aryl methyl sites for hydroxylation is 1. The van der Waals surface area contributed by atoms with Gasteiger partial charge in [-0.1, -0.05) is 6.07 Å². The molecule has 0 saturated carbocycles. The highest BCUT2D eigenvalue weighted by Crippen LogP contribution is 2.21.